The van der Waals surface area contributed by atoms with Gasteiger partial charge in [0.1, 0.15) is 6.04 Å². The first-order chi connectivity index (χ1) is 8.99. The molecule has 2 rings (SSSR count). The Morgan fingerprint density at radius 1 is 1.37 bits per heavy atom. The lowest BCUT2D eigenvalue weighted by Crippen LogP contribution is -2.27. The van der Waals surface area contributed by atoms with E-state index in [1.54, 1.807) is 12.1 Å². The second-order valence-electron chi connectivity index (χ2n) is 3.74. The number of benzene rings is 1. The molecule has 0 saturated heterocycles. The second kappa shape index (κ2) is 5.88. The molecule has 100 valence electrons. The first-order valence-corrected chi connectivity index (χ1v) is 6.87. The molecular formula is C12H9Cl2FN2OS. The summed E-state index contributed by atoms with van der Waals surface area (Å²) in [6, 6.07) is 5.34. The van der Waals surface area contributed by atoms with Gasteiger partial charge in [0.05, 0.1) is 10.0 Å². The number of halogens is 3. The van der Waals surface area contributed by atoms with E-state index in [1.165, 1.54) is 23.5 Å². The number of rotatable bonds is 3. The highest BCUT2D eigenvalue weighted by molar-refractivity contribution is 7.10. The maximum atomic E-state index is 13.2. The van der Waals surface area contributed by atoms with Crippen LogP contribution in [0.3, 0.4) is 0 Å². The van der Waals surface area contributed by atoms with Crippen molar-refractivity contribution in [3.63, 3.8) is 0 Å². The summed E-state index contributed by atoms with van der Waals surface area (Å²) >= 11 is 12.7. The van der Waals surface area contributed by atoms with E-state index in [-0.39, 0.29) is 10.0 Å². The molecule has 7 heteroatoms. The summed E-state index contributed by atoms with van der Waals surface area (Å²) in [5.74, 6) is -1.13. The van der Waals surface area contributed by atoms with Gasteiger partial charge in [0, 0.05) is 10.6 Å². The molecule has 0 fully saturated rings. The number of carbonyl (C=O) groups is 1. The minimum absolute atomic E-state index is 0.160. The van der Waals surface area contributed by atoms with E-state index in [2.05, 4.69) is 5.32 Å². The average molecular weight is 319 g/mol. The molecule has 0 aliphatic carbocycles. The van der Waals surface area contributed by atoms with Crippen LogP contribution in [0.25, 0.3) is 0 Å². The van der Waals surface area contributed by atoms with Crippen LogP contribution in [0.1, 0.15) is 10.9 Å². The van der Waals surface area contributed by atoms with Crippen molar-refractivity contribution in [1.82, 2.24) is 0 Å². The van der Waals surface area contributed by atoms with Gasteiger partial charge in [-0.3, -0.25) is 4.79 Å². The largest absolute Gasteiger partial charge is 0.324 e. The van der Waals surface area contributed by atoms with Crippen molar-refractivity contribution in [2.45, 2.75) is 6.04 Å². The smallest absolute Gasteiger partial charge is 0.246 e. The highest BCUT2D eigenvalue weighted by Crippen LogP contribution is 2.28. The summed E-state index contributed by atoms with van der Waals surface area (Å²) in [7, 11) is 0. The van der Waals surface area contributed by atoms with Gasteiger partial charge in [0.25, 0.3) is 0 Å². The molecule has 1 aromatic carbocycles. The van der Waals surface area contributed by atoms with Gasteiger partial charge in [-0.15, -0.1) is 11.3 Å². The zero-order valence-corrected chi connectivity index (χ0v) is 11.8. The highest BCUT2D eigenvalue weighted by Gasteiger charge is 2.17. The van der Waals surface area contributed by atoms with Crippen molar-refractivity contribution in [2.75, 3.05) is 5.32 Å². The third-order valence-electron chi connectivity index (χ3n) is 2.38. The molecule has 0 bridgehead atoms. The Kier molecular flexibility index (Phi) is 4.42. The average Bonchev–Trinajstić information content (AvgIpc) is 2.88. The van der Waals surface area contributed by atoms with E-state index in [4.69, 9.17) is 28.9 Å². The topological polar surface area (TPSA) is 55.1 Å². The fourth-order valence-corrected chi connectivity index (χ4v) is 2.66. The predicted octanol–water partition coefficient (Wildman–Crippen LogP) is 3.83. The maximum Gasteiger partial charge on any atom is 0.246 e. The van der Waals surface area contributed by atoms with Crippen molar-refractivity contribution in [1.29, 1.82) is 0 Å². The SMILES string of the molecule is NC(C(=O)Nc1cc(Cl)c(F)c(Cl)c1)c1cccs1. The number of amides is 1. The molecule has 3 nitrogen and oxygen atoms in total. The van der Waals surface area contributed by atoms with Crippen LogP contribution < -0.4 is 11.1 Å². The molecule has 0 spiro atoms. The van der Waals surface area contributed by atoms with Gasteiger partial charge in [0.2, 0.25) is 5.91 Å². The molecular weight excluding hydrogens is 310 g/mol. The van der Waals surface area contributed by atoms with Crippen LogP contribution in [0.4, 0.5) is 10.1 Å². The number of hydrogen-bond donors (Lipinski definition) is 2. The molecule has 0 aliphatic rings. The Morgan fingerprint density at radius 2 is 2.00 bits per heavy atom. The van der Waals surface area contributed by atoms with E-state index in [1.807, 2.05) is 5.38 Å². The lowest BCUT2D eigenvalue weighted by atomic mass is 10.2. The van der Waals surface area contributed by atoms with Gasteiger partial charge >= 0.3 is 0 Å². The van der Waals surface area contributed by atoms with Gasteiger partial charge in [-0.2, -0.15) is 0 Å². The Balaban J connectivity index is 2.15. The number of nitrogens with one attached hydrogen (secondary N) is 1. The lowest BCUT2D eigenvalue weighted by Gasteiger charge is -2.11. The quantitative estimate of drug-likeness (QED) is 0.845. The summed E-state index contributed by atoms with van der Waals surface area (Å²) < 4.78 is 13.2. The van der Waals surface area contributed by atoms with Crippen molar-refractivity contribution in [2.24, 2.45) is 5.73 Å². The van der Waals surface area contributed by atoms with E-state index in [0.717, 1.165) is 4.88 Å². The third-order valence-corrected chi connectivity index (χ3v) is 3.89. The Labute approximate surface area is 123 Å². The fraction of sp³-hybridized carbons (Fsp3) is 0.0833. The number of anilines is 1. The molecule has 3 N–H and O–H groups in total. The zero-order chi connectivity index (χ0) is 14.0. The Morgan fingerprint density at radius 3 is 2.53 bits per heavy atom. The van der Waals surface area contributed by atoms with E-state index < -0.39 is 17.8 Å². The van der Waals surface area contributed by atoms with Gasteiger partial charge in [-0.05, 0) is 23.6 Å². The lowest BCUT2D eigenvalue weighted by molar-refractivity contribution is -0.117. The van der Waals surface area contributed by atoms with Gasteiger partial charge in [-0.1, -0.05) is 29.3 Å². The molecule has 1 heterocycles. The molecule has 1 atom stereocenters. The maximum absolute atomic E-state index is 13.2. The van der Waals surface area contributed by atoms with Crippen LogP contribution in [-0.2, 0) is 4.79 Å². The van der Waals surface area contributed by atoms with Gasteiger partial charge in [-0.25, -0.2) is 4.39 Å². The number of hydrogen-bond acceptors (Lipinski definition) is 3. The van der Waals surface area contributed by atoms with Crippen LogP contribution in [0.2, 0.25) is 10.0 Å². The number of thiophene rings is 1. The van der Waals surface area contributed by atoms with E-state index >= 15 is 0 Å². The minimum atomic E-state index is -0.789. The molecule has 2 aromatic rings. The van der Waals surface area contributed by atoms with Gasteiger partial charge < -0.3 is 11.1 Å². The molecule has 0 aliphatic heterocycles. The van der Waals surface area contributed by atoms with Crippen molar-refractivity contribution in [3.8, 4) is 0 Å². The first kappa shape index (κ1) is 14.3. The Hall–Kier alpha value is -1.14. The van der Waals surface area contributed by atoms with Crippen LogP contribution in [0.5, 0.6) is 0 Å². The standard InChI is InChI=1S/C12H9Cl2FN2OS/c13-7-4-6(5-8(14)10(7)15)17-12(18)11(16)9-2-1-3-19-9/h1-5,11H,16H2,(H,17,18). The van der Waals surface area contributed by atoms with Crippen molar-refractivity contribution in [3.05, 3.63) is 50.4 Å². The van der Waals surface area contributed by atoms with Crippen LogP contribution in [-0.4, -0.2) is 5.91 Å². The van der Waals surface area contributed by atoms with E-state index in [0.29, 0.717) is 5.69 Å². The summed E-state index contributed by atoms with van der Waals surface area (Å²) in [4.78, 5) is 12.6. The predicted molar refractivity (Wildman–Crippen MR) is 76.3 cm³/mol. The van der Waals surface area contributed by atoms with Crippen LogP contribution in [0, 0.1) is 5.82 Å². The summed E-state index contributed by atoms with van der Waals surface area (Å²) in [6.45, 7) is 0. The number of nitrogens with two attached hydrogens (primary N) is 1. The van der Waals surface area contributed by atoms with E-state index in [9.17, 15) is 9.18 Å². The molecule has 1 unspecified atom stereocenters. The first-order valence-electron chi connectivity index (χ1n) is 5.23. The summed E-state index contributed by atoms with van der Waals surface area (Å²) in [5, 5.41) is 4.05. The van der Waals surface area contributed by atoms with Crippen molar-refractivity contribution >= 4 is 46.1 Å². The molecule has 19 heavy (non-hydrogen) atoms. The normalized spacial score (nSPS) is 12.2. The van der Waals surface area contributed by atoms with Gasteiger partial charge in [0.15, 0.2) is 5.82 Å². The highest BCUT2D eigenvalue weighted by atomic mass is 35.5. The summed E-state index contributed by atoms with van der Waals surface area (Å²) in [5.41, 5.74) is 6.09. The zero-order valence-electron chi connectivity index (χ0n) is 9.49. The molecule has 0 radical (unpaired) electrons. The van der Waals surface area contributed by atoms with Crippen LogP contribution in [0.15, 0.2) is 29.6 Å². The monoisotopic (exact) mass is 318 g/mol. The minimum Gasteiger partial charge on any atom is -0.324 e. The Bertz CT molecular complexity index is 581. The summed E-state index contributed by atoms with van der Waals surface area (Å²) in [6.07, 6.45) is 0. The third kappa shape index (κ3) is 3.25. The molecule has 1 aromatic heterocycles. The number of carbonyl (C=O) groups excluding carboxylic acids is 1. The van der Waals surface area contributed by atoms with Crippen LogP contribution >= 0.6 is 34.5 Å². The van der Waals surface area contributed by atoms with Crippen molar-refractivity contribution < 1.29 is 9.18 Å². The second-order valence-corrected chi connectivity index (χ2v) is 5.53. The fourth-order valence-electron chi connectivity index (χ4n) is 1.45. The molecule has 0 saturated carbocycles. The molecule has 1 amide bonds.